The van der Waals surface area contributed by atoms with E-state index >= 15 is 0 Å². The molecule has 2 atom stereocenters. The van der Waals surface area contributed by atoms with Gasteiger partial charge in [0.1, 0.15) is 6.04 Å². The van der Waals surface area contributed by atoms with Gasteiger partial charge < -0.3 is 15.3 Å². The Labute approximate surface area is 127 Å². The zero-order valence-electron chi connectivity index (χ0n) is 12.3. The number of nitrogens with one attached hydrogen (secondary N) is 1. The van der Waals surface area contributed by atoms with Gasteiger partial charge in [-0.1, -0.05) is 26.3 Å². The Balaban J connectivity index is 2.59. The maximum Gasteiger partial charge on any atom is 0.326 e. The number of hydrogen-bond acceptors (Lipinski definition) is 4. The van der Waals surface area contributed by atoms with Crippen molar-refractivity contribution in [2.45, 2.75) is 26.3 Å². The van der Waals surface area contributed by atoms with E-state index in [1.54, 1.807) is 24.4 Å². The Hall–Kier alpha value is -1.89. The van der Waals surface area contributed by atoms with Crippen molar-refractivity contribution in [3.8, 4) is 0 Å². The highest BCUT2D eigenvalue weighted by Crippen LogP contribution is 2.11. The molecule has 7 heteroatoms. The highest BCUT2D eigenvalue weighted by atomic mass is 32.1. The molecule has 1 unspecified atom stereocenters. The molecule has 2 N–H and O–H groups in total. The van der Waals surface area contributed by atoms with Crippen molar-refractivity contribution in [2.24, 2.45) is 5.92 Å². The van der Waals surface area contributed by atoms with Crippen LogP contribution in [0.2, 0.25) is 0 Å². The summed E-state index contributed by atoms with van der Waals surface area (Å²) in [6.07, 6.45) is 0.640. The van der Waals surface area contributed by atoms with Crippen molar-refractivity contribution in [3.63, 3.8) is 0 Å². The SMILES string of the molecule is CCC(C)[C@H](NC(=O)CN(C)C(=O)c1cccs1)C(=O)O. The number of thiophene rings is 1. The Morgan fingerprint density at radius 1 is 1.43 bits per heavy atom. The van der Waals surface area contributed by atoms with E-state index in [0.29, 0.717) is 11.3 Å². The molecular weight excluding hydrogens is 292 g/mol. The molecule has 0 aliphatic heterocycles. The molecule has 0 fully saturated rings. The van der Waals surface area contributed by atoms with Crippen molar-refractivity contribution < 1.29 is 19.5 Å². The van der Waals surface area contributed by atoms with Gasteiger partial charge in [0.2, 0.25) is 5.91 Å². The highest BCUT2D eigenvalue weighted by Gasteiger charge is 2.26. The summed E-state index contributed by atoms with van der Waals surface area (Å²) in [5.74, 6) is -1.97. The van der Waals surface area contributed by atoms with Gasteiger partial charge in [0.15, 0.2) is 0 Å². The van der Waals surface area contributed by atoms with Crippen LogP contribution in [0.25, 0.3) is 0 Å². The number of carbonyl (C=O) groups excluding carboxylic acids is 2. The lowest BCUT2D eigenvalue weighted by atomic mass is 9.99. The number of amides is 2. The van der Waals surface area contributed by atoms with Crippen molar-refractivity contribution in [1.29, 1.82) is 0 Å². The maximum absolute atomic E-state index is 12.0. The Morgan fingerprint density at radius 3 is 2.57 bits per heavy atom. The van der Waals surface area contributed by atoms with E-state index in [0.717, 1.165) is 0 Å². The van der Waals surface area contributed by atoms with Gasteiger partial charge in [0.25, 0.3) is 5.91 Å². The topological polar surface area (TPSA) is 86.7 Å². The molecule has 6 nitrogen and oxygen atoms in total. The second kappa shape index (κ2) is 7.78. The number of carboxylic acids is 1. The normalized spacial score (nSPS) is 13.3. The molecule has 1 aromatic heterocycles. The van der Waals surface area contributed by atoms with Gasteiger partial charge >= 0.3 is 5.97 Å². The molecule has 116 valence electrons. The molecule has 0 saturated carbocycles. The second-order valence-corrected chi connectivity index (χ2v) is 5.86. The predicted molar refractivity (Wildman–Crippen MR) is 80.3 cm³/mol. The van der Waals surface area contributed by atoms with Crippen molar-refractivity contribution >= 4 is 29.1 Å². The largest absolute Gasteiger partial charge is 0.480 e. The minimum absolute atomic E-state index is 0.170. The third-order valence-corrected chi connectivity index (χ3v) is 4.11. The first-order chi connectivity index (χ1) is 9.86. The van der Waals surface area contributed by atoms with Crippen molar-refractivity contribution in [2.75, 3.05) is 13.6 Å². The zero-order chi connectivity index (χ0) is 16.0. The fourth-order valence-electron chi connectivity index (χ4n) is 1.78. The summed E-state index contributed by atoms with van der Waals surface area (Å²) in [7, 11) is 1.51. The van der Waals surface area contributed by atoms with Crippen LogP contribution >= 0.6 is 11.3 Å². The van der Waals surface area contributed by atoms with Crippen molar-refractivity contribution in [1.82, 2.24) is 10.2 Å². The van der Waals surface area contributed by atoms with E-state index < -0.39 is 17.9 Å². The molecule has 0 aliphatic rings. The first-order valence-electron chi connectivity index (χ1n) is 6.68. The molecule has 2 amide bonds. The molecule has 0 aliphatic carbocycles. The van der Waals surface area contributed by atoms with Crippen LogP contribution in [0.15, 0.2) is 17.5 Å². The zero-order valence-corrected chi connectivity index (χ0v) is 13.1. The predicted octanol–water partition coefficient (Wildman–Crippen LogP) is 1.44. The van der Waals surface area contributed by atoms with Gasteiger partial charge in [-0.15, -0.1) is 11.3 Å². The molecule has 0 bridgehead atoms. The van der Waals surface area contributed by atoms with E-state index in [2.05, 4.69) is 5.32 Å². The first kappa shape index (κ1) is 17.2. The summed E-state index contributed by atoms with van der Waals surface area (Å²) < 4.78 is 0. The van der Waals surface area contributed by atoms with Crippen LogP contribution < -0.4 is 5.32 Å². The summed E-state index contributed by atoms with van der Waals surface area (Å²) in [5, 5.41) is 13.4. The molecule has 0 aromatic carbocycles. The first-order valence-corrected chi connectivity index (χ1v) is 7.55. The van der Waals surface area contributed by atoms with Gasteiger partial charge in [-0.2, -0.15) is 0 Å². The fourth-order valence-corrected chi connectivity index (χ4v) is 2.50. The van der Waals surface area contributed by atoms with Crippen LogP contribution in [0.1, 0.15) is 29.9 Å². The summed E-state index contributed by atoms with van der Waals surface area (Å²) in [4.78, 5) is 36.9. The number of hydrogen-bond donors (Lipinski definition) is 2. The van der Waals surface area contributed by atoms with E-state index in [1.807, 2.05) is 6.92 Å². The molecule has 0 saturated heterocycles. The summed E-state index contributed by atoms with van der Waals surface area (Å²) in [6, 6.07) is 2.50. The lowest BCUT2D eigenvalue weighted by Crippen LogP contribution is -2.48. The Kier molecular flexibility index (Phi) is 6.36. The number of rotatable bonds is 7. The molecule has 1 aromatic rings. The third-order valence-electron chi connectivity index (χ3n) is 3.25. The quantitative estimate of drug-likeness (QED) is 0.797. The van der Waals surface area contributed by atoms with Crippen LogP contribution in [0.5, 0.6) is 0 Å². The fraction of sp³-hybridized carbons (Fsp3) is 0.500. The monoisotopic (exact) mass is 312 g/mol. The lowest BCUT2D eigenvalue weighted by molar-refractivity contribution is -0.143. The molecule has 21 heavy (non-hydrogen) atoms. The number of carboxylic acid groups (broad SMARTS) is 1. The molecule has 1 heterocycles. The van der Waals surface area contributed by atoms with Crippen LogP contribution in [0.3, 0.4) is 0 Å². The van der Waals surface area contributed by atoms with E-state index in [4.69, 9.17) is 5.11 Å². The highest BCUT2D eigenvalue weighted by molar-refractivity contribution is 7.12. The summed E-state index contributed by atoms with van der Waals surface area (Å²) in [5.41, 5.74) is 0. The standard InChI is InChI=1S/C14H20N2O4S/c1-4-9(2)12(14(19)20)15-11(17)8-16(3)13(18)10-6-5-7-21-10/h5-7,9,12H,4,8H2,1-3H3,(H,15,17)(H,19,20)/t9?,12-/m0/s1. The van der Waals surface area contributed by atoms with Gasteiger partial charge in [0.05, 0.1) is 11.4 Å². The van der Waals surface area contributed by atoms with Crippen LogP contribution in [-0.4, -0.2) is 47.4 Å². The average Bonchev–Trinajstić information content (AvgIpc) is 2.96. The molecule has 1 rings (SSSR count). The van der Waals surface area contributed by atoms with Gasteiger partial charge in [-0.25, -0.2) is 4.79 Å². The maximum atomic E-state index is 12.0. The minimum Gasteiger partial charge on any atom is -0.480 e. The van der Waals surface area contributed by atoms with E-state index in [1.165, 1.54) is 23.3 Å². The average molecular weight is 312 g/mol. The number of nitrogens with zero attached hydrogens (tertiary/aromatic N) is 1. The van der Waals surface area contributed by atoms with Gasteiger partial charge in [-0.3, -0.25) is 9.59 Å². The summed E-state index contributed by atoms with van der Waals surface area (Å²) in [6.45, 7) is 3.45. The second-order valence-electron chi connectivity index (χ2n) is 4.91. The van der Waals surface area contributed by atoms with Crippen LogP contribution in [0, 0.1) is 5.92 Å². The third kappa shape index (κ3) is 4.86. The Morgan fingerprint density at radius 2 is 2.10 bits per heavy atom. The smallest absolute Gasteiger partial charge is 0.326 e. The molecular formula is C14H20N2O4S. The number of aliphatic carboxylic acids is 1. The molecule has 0 radical (unpaired) electrons. The minimum atomic E-state index is -1.06. The Bertz CT molecular complexity index is 501. The molecule has 0 spiro atoms. The summed E-state index contributed by atoms with van der Waals surface area (Å²) >= 11 is 1.30. The number of carbonyl (C=O) groups is 3. The van der Waals surface area contributed by atoms with Gasteiger partial charge in [0, 0.05) is 7.05 Å². The van der Waals surface area contributed by atoms with Gasteiger partial charge in [-0.05, 0) is 17.4 Å². The number of likely N-dealkylation sites (N-methyl/N-ethyl adjacent to an activating group) is 1. The van der Waals surface area contributed by atoms with Crippen LogP contribution in [-0.2, 0) is 9.59 Å². The van der Waals surface area contributed by atoms with E-state index in [-0.39, 0.29) is 18.4 Å². The van der Waals surface area contributed by atoms with Crippen LogP contribution in [0.4, 0.5) is 0 Å². The van der Waals surface area contributed by atoms with E-state index in [9.17, 15) is 14.4 Å². The lowest BCUT2D eigenvalue weighted by Gasteiger charge is -2.22. The van der Waals surface area contributed by atoms with Crippen molar-refractivity contribution in [3.05, 3.63) is 22.4 Å².